The number of nitrogens with zero attached hydrogens (tertiary/aromatic N) is 2. The molecule has 1 aliphatic rings. The van der Waals surface area contributed by atoms with Gasteiger partial charge in [0.25, 0.3) is 5.91 Å². The lowest BCUT2D eigenvalue weighted by molar-refractivity contribution is -0.142. The second-order valence-corrected chi connectivity index (χ2v) is 7.00. The summed E-state index contributed by atoms with van der Waals surface area (Å²) in [6.45, 7) is 8.43. The third kappa shape index (κ3) is 6.68. The van der Waals surface area contributed by atoms with Crippen LogP contribution in [0.5, 0.6) is 5.75 Å². The largest absolute Gasteiger partial charge is 0.497 e. The fourth-order valence-corrected chi connectivity index (χ4v) is 3.25. The van der Waals surface area contributed by atoms with Crippen LogP contribution >= 0.6 is 0 Å². The number of amides is 2. The fourth-order valence-electron chi connectivity index (χ4n) is 3.25. The van der Waals surface area contributed by atoms with Crippen LogP contribution in [0, 0.1) is 0 Å². The van der Waals surface area contributed by atoms with Crippen LogP contribution < -0.4 is 4.74 Å². The summed E-state index contributed by atoms with van der Waals surface area (Å²) in [5, 5.41) is 0. The zero-order chi connectivity index (χ0) is 20.4. The SMILES string of the molecule is C=CCCOC(C)C(=O)N1CCCN(C(=O)CCc2ccc(OC)cc2)CC1. The van der Waals surface area contributed by atoms with Gasteiger partial charge in [-0.1, -0.05) is 18.2 Å². The summed E-state index contributed by atoms with van der Waals surface area (Å²) in [5.41, 5.74) is 1.12. The molecule has 0 bridgehead atoms. The molecule has 1 unspecified atom stereocenters. The molecule has 6 nitrogen and oxygen atoms in total. The van der Waals surface area contributed by atoms with Crippen LogP contribution in [0.3, 0.4) is 0 Å². The summed E-state index contributed by atoms with van der Waals surface area (Å²) in [5.74, 6) is 0.951. The number of rotatable bonds is 9. The minimum absolute atomic E-state index is 0.00315. The first kappa shape index (κ1) is 22.0. The van der Waals surface area contributed by atoms with E-state index in [-0.39, 0.29) is 11.8 Å². The molecule has 1 heterocycles. The summed E-state index contributed by atoms with van der Waals surface area (Å²) < 4.78 is 10.7. The van der Waals surface area contributed by atoms with Crippen molar-refractivity contribution in [3.05, 3.63) is 42.5 Å². The fraction of sp³-hybridized carbons (Fsp3) is 0.545. The van der Waals surface area contributed by atoms with Crippen molar-refractivity contribution in [3.8, 4) is 5.75 Å². The van der Waals surface area contributed by atoms with Crippen LogP contribution in [-0.4, -0.2) is 67.6 Å². The molecule has 1 aromatic carbocycles. The molecule has 28 heavy (non-hydrogen) atoms. The van der Waals surface area contributed by atoms with Crippen molar-refractivity contribution in [2.24, 2.45) is 0 Å². The van der Waals surface area contributed by atoms with Gasteiger partial charge in [-0.15, -0.1) is 6.58 Å². The number of aryl methyl sites for hydroxylation is 1. The molecule has 2 amide bonds. The first-order chi connectivity index (χ1) is 13.5. The third-order valence-corrected chi connectivity index (χ3v) is 4.98. The van der Waals surface area contributed by atoms with Crippen LogP contribution in [0.2, 0.25) is 0 Å². The van der Waals surface area contributed by atoms with E-state index in [1.165, 1.54) is 0 Å². The molecule has 1 aromatic rings. The summed E-state index contributed by atoms with van der Waals surface area (Å²) in [6, 6.07) is 7.80. The number of hydrogen-bond donors (Lipinski definition) is 0. The maximum absolute atomic E-state index is 12.6. The predicted molar refractivity (Wildman–Crippen MR) is 109 cm³/mol. The number of hydrogen-bond acceptors (Lipinski definition) is 4. The lowest BCUT2D eigenvalue weighted by Crippen LogP contribution is -2.42. The Kier molecular flexibility index (Phi) is 9.01. The Labute approximate surface area is 168 Å². The van der Waals surface area contributed by atoms with Crippen molar-refractivity contribution >= 4 is 11.8 Å². The lowest BCUT2D eigenvalue weighted by atomic mass is 10.1. The zero-order valence-electron chi connectivity index (χ0n) is 17.1. The van der Waals surface area contributed by atoms with Gasteiger partial charge in [0.2, 0.25) is 5.91 Å². The Balaban J connectivity index is 1.78. The Morgan fingerprint density at radius 3 is 2.50 bits per heavy atom. The molecule has 1 atom stereocenters. The van der Waals surface area contributed by atoms with Crippen molar-refractivity contribution in [2.45, 2.75) is 38.7 Å². The molecule has 1 fully saturated rings. The number of benzene rings is 1. The van der Waals surface area contributed by atoms with Gasteiger partial charge in [0.1, 0.15) is 11.9 Å². The quantitative estimate of drug-likeness (QED) is 0.482. The summed E-state index contributed by atoms with van der Waals surface area (Å²) in [7, 11) is 1.64. The maximum atomic E-state index is 12.6. The monoisotopic (exact) mass is 388 g/mol. The van der Waals surface area contributed by atoms with Crippen LogP contribution in [0.4, 0.5) is 0 Å². The van der Waals surface area contributed by atoms with Gasteiger partial charge in [-0.25, -0.2) is 0 Å². The van der Waals surface area contributed by atoms with E-state index in [2.05, 4.69) is 6.58 Å². The highest BCUT2D eigenvalue weighted by Gasteiger charge is 2.25. The van der Waals surface area contributed by atoms with Gasteiger partial charge in [-0.05, 0) is 43.9 Å². The molecular formula is C22H32N2O4. The van der Waals surface area contributed by atoms with Gasteiger partial charge in [0.05, 0.1) is 13.7 Å². The smallest absolute Gasteiger partial charge is 0.251 e. The molecule has 2 rings (SSSR count). The molecule has 0 N–H and O–H groups in total. The molecular weight excluding hydrogens is 356 g/mol. The number of ether oxygens (including phenoxy) is 2. The normalized spacial score (nSPS) is 15.6. The van der Waals surface area contributed by atoms with E-state index in [1.54, 1.807) is 20.1 Å². The van der Waals surface area contributed by atoms with Crippen molar-refractivity contribution < 1.29 is 19.1 Å². The van der Waals surface area contributed by atoms with Crippen LogP contribution in [0.25, 0.3) is 0 Å². The van der Waals surface area contributed by atoms with Gasteiger partial charge < -0.3 is 19.3 Å². The Morgan fingerprint density at radius 2 is 1.82 bits per heavy atom. The number of carbonyl (C=O) groups is 2. The molecule has 1 aliphatic heterocycles. The highest BCUT2D eigenvalue weighted by Crippen LogP contribution is 2.14. The van der Waals surface area contributed by atoms with Gasteiger partial charge >= 0.3 is 0 Å². The predicted octanol–water partition coefficient (Wildman–Crippen LogP) is 2.67. The van der Waals surface area contributed by atoms with Crippen molar-refractivity contribution in [1.82, 2.24) is 9.80 Å². The van der Waals surface area contributed by atoms with Crippen molar-refractivity contribution in [1.29, 1.82) is 0 Å². The Bertz CT molecular complexity index is 644. The van der Waals surface area contributed by atoms with E-state index < -0.39 is 6.10 Å². The average molecular weight is 389 g/mol. The third-order valence-electron chi connectivity index (χ3n) is 4.98. The van der Waals surface area contributed by atoms with E-state index >= 15 is 0 Å². The summed E-state index contributed by atoms with van der Waals surface area (Å²) >= 11 is 0. The van der Waals surface area contributed by atoms with E-state index in [1.807, 2.05) is 34.1 Å². The summed E-state index contributed by atoms with van der Waals surface area (Å²) in [6.07, 6.45) is 4.01. The molecule has 0 spiro atoms. The minimum Gasteiger partial charge on any atom is -0.497 e. The van der Waals surface area contributed by atoms with E-state index in [0.717, 1.165) is 24.2 Å². The standard InChI is InChI=1S/C22H32N2O4/c1-4-5-17-28-18(2)22(26)24-14-6-13-23(15-16-24)21(25)12-9-19-7-10-20(27-3)11-8-19/h4,7-8,10-11,18H,1,5-6,9,12-17H2,2-3H3. The van der Waals surface area contributed by atoms with E-state index in [4.69, 9.17) is 9.47 Å². The highest BCUT2D eigenvalue weighted by molar-refractivity contribution is 5.81. The molecule has 0 radical (unpaired) electrons. The van der Waals surface area contributed by atoms with Gasteiger partial charge in [0.15, 0.2) is 0 Å². The second-order valence-electron chi connectivity index (χ2n) is 7.00. The Hall–Kier alpha value is -2.34. The highest BCUT2D eigenvalue weighted by atomic mass is 16.5. The zero-order valence-corrected chi connectivity index (χ0v) is 17.1. The summed E-state index contributed by atoms with van der Waals surface area (Å²) in [4.78, 5) is 28.8. The lowest BCUT2D eigenvalue weighted by Gasteiger charge is -2.25. The van der Waals surface area contributed by atoms with E-state index in [0.29, 0.717) is 45.6 Å². The molecule has 0 aliphatic carbocycles. The first-order valence-electron chi connectivity index (χ1n) is 9.97. The molecule has 1 saturated heterocycles. The number of methoxy groups -OCH3 is 1. The average Bonchev–Trinajstić information content (AvgIpc) is 2.98. The Morgan fingerprint density at radius 1 is 1.14 bits per heavy atom. The minimum atomic E-state index is -0.461. The van der Waals surface area contributed by atoms with Gasteiger partial charge in [0, 0.05) is 32.6 Å². The second kappa shape index (κ2) is 11.5. The van der Waals surface area contributed by atoms with Gasteiger partial charge in [-0.3, -0.25) is 9.59 Å². The van der Waals surface area contributed by atoms with Crippen LogP contribution in [-0.2, 0) is 20.7 Å². The van der Waals surface area contributed by atoms with Crippen LogP contribution in [0.1, 0.15) is 31.7 Å². The van der Waals surface area contributed by atoms with Crippen LogP contribution in [0.15, 0.2) is 36.9 Å². The molecule has 0 aromatic heterocycles. The first-order valence-corrected chi connectivity index (χ1v) is 9.97. The topological polar surface area (TPSA) is 59.1 Å². The number of carbonyl (C=O) groups excluding carboxylic acids is 2. The van der Waals surface area contributed by atoms with Crippen molar-refractivity contribution in [3.63, 3.8) is 0 Å². The van der Waals surface area contributed by atoms with E-state index in [9.17, 15) is 9.59 Å². The molecule has 154 valence electrons. The van der Waals surface area contributed by atoms with Crippen molar-refractivity contribution in [2.75, 3.05) is 39.9 Å². The van der Waals surface area contributed by atoms with Gasteiger partial charge in [-0.2, -0.15) is 0 Å². The molecule has 6 heteroatoms. The molecule has 0 saturated carbocycles. The maximum Gasteiger partial charge on any atom is 0.251 e.